The predicted molar refractivity (Wildman–Crippen MR) is 137 cm³/mol. The minimum absolute atomic E-state index is 0.0487. The number of benzene rings is 2. The first-order chi connectivity index (χ1) is 17.6. The van der Waals surface area contributed by atoms with E-state index in [0.717, 1.165) is 11.1 Å². The van der Waals surface area contributed by atoms with Crippen molar-refractivity contribution in [1.82, 2.24) is 15.1 Å². The maximum Gasteiger partial charge on any atom is 0.247 e. The number of carbonyl (C=O) groups is 3. The number of hydrogen-bond acceptors (Lipinski definition) is 6. The topological polar surface area (TPSA) is 105 Å². The van der Waals surface area contributed by atoms with Gasteiger partial charge in [0.25, 0.3) is 0 Å². The van der Waals surface area contributed by atoms with Crippen molar-refractivity contribution in [2.45, 2.75) is 44.0 Å². The first kappa shape index (κ1) is 26.5. The fourth-order valence-corrected chi connectivity index (χ4v) is 4.66. The molecule has 0 radical (unpaired) electrons. The number of piperazine rings is 1. The lowest BCUT2D eigenvalue weighted by molar-refractivity contribution is -0.145. The van der Waals surface area contributed by atoms with E-state index in [0.29, 0.717) is 19.5 Å². The molecule has 0 aromatic heterocycles. The molecule has 1 unspecified atom stereocenters. The second-order valence-corrected chi connectivity index (χ2v) is 10.2. The largest absolute Gasteiger partial charge is 0.374 e. The van der Waals surface area contributed by atoms with Crippen LogP contribution in [0.3, 0.4) is 0 Å². The van der Waals surface area contributed by atoms with Crippen LogP contribution in [0.1, 0.15) is 25.0 Å². The number of ether oxygens (including phenoxy) is 1. The van der Waals surface area contributed by atoms with Gasteiger partial charge in [-0.3, -0.25) is 14.4 Å². The first-order valence-corrected chi connectivity index (χ1v) is 12.3. The first-order valence-electron chi connectivity index (χ1n) is 12.3. The molecule has 196 valence electrons. The average Bonchev–Trinajstić information content (AvgIpc) is 3.19. The van der Waals surface area contributed by atoms with Crippen molar-refractivity contribution in [2.24, 2.45) is 5.73 Å². The lowest BCUT2D eigenvalue weighted by Gasteiger charge is -2.47. The molecule has 0 aliphatic carbocycles. The Hall–Kier alpha value is -3.56. The Labute approximate surface area is 216 Å². The van der Waals surface area contributed by atoms with Crippen LogP contribution in [-0.4, -0.2) is 70.8 Å². The third-order valence-corrected chi connectivity index (χ3v) is 6.78. The zero-order chi connectivity index (χ0) is 26.6. The van der Waals surface area contributed by atoms with E-state index in [9.17, 15) is 18.8 Å². The lowest BCUT2D eigenvalue weighted by Crippen LogP contribution is -2.66. The van der Waals surface area contributed by atoms with Crippen LogP contribution in [0.5, 0.6) is 0 Å². The Morgan fingerprint density at radius 3 is 2.49 bits per heavy atom. The third-order valence-electron chi connectivity index (χ3n) is 6.78. The summed E-state index contributed by atoms with van der Waals surface area (Å²) >= 11 is 0. The number of amides is 2. The van der Waals surface area contributed by atoms with Crippen molar-refractivity contribution in [2.75, 3.05) is 26.2 Å². The molecule has 2 aromatic rings. The number of fused-ring (bicyclic) bond motifs is 1. The van der Waals surface area contributed by atoms with E-state index in [1.54, 1.807) is 37.1 Å². The van der Waals surface area contributed by atoms with E-state index in [1.807, 2.05) is 35.2 Å². The zero-order valence-corrected chi connectivity index (χ0v) is 21.2. The smallest absolute Gasteiger partial charge is 0.247 e. The van der Waals surface area contributed by atoms with Crippen molar-refractivity contribution in [1.29, 1.82) is 0 Å². The maximum atomic E-state index is 13.7. The number of hydrogen-bond donors (Lipinski definition) is 2. The number of rotatable bonds is 9. The van der Waals surface area contributed by atoms with Gasteiger partial charge < -0.3 is 25.6 Å². The van der Waals surface area contributed by atoms with E-state index in [2.05, 4.69) is 5.32 Å². The van der Waals surface area contributed by atoms with Crippen LogP contribution in [0.15, 0.2) is 66.9 Å². The van der Waals surface area contributed by atoms with Gasteiger partial charge in [-0.25, -0.2) is 4.39 Å². The molecule has 2 atom stereocenters. The monoisotopic (exact) mass is 508 g/mol. The fourth-order valence-electron chi connectivity index (χ4n) is 4.66. The molecule has 3 N–H and O–H groups in total. The Morgan fingerprint density at radius 1 is 1.11 bits per heavy atom. The van der Waals surface area contributed by atoms with Gasteiger partial charge in [0.05, 0.1) is 25.3 Å². The molecule has 2 heterocycles. The third kappa shape index (κ3) is 6.06. The molecule has 1 fully saturated rings. The minimum Gasteiger partial charge on any atom is -0.374 e. The molecule has 0 saturated carbocycles. The number of carbonyl (C=O) groups excluding carboxylic acids is 3. The summed E-state index contributed by atoms with van der Waals surface area (Å²) in [5.74, 6) is -1.29. The van der Waals surface area contributed by atoms with Crippen LogP contribution in [0.4, 0.5) is 4.39 Å². The van der Waals surface area contributed by atoms with E-state index in [1.165, 1.54) is 18.2 Å². The SMILES string of the molecule is CC(C)(N)C(=O)N[C@H](COCc1ccccc1)C(=O)N1CCN2C=CC(=O)C2(Cc2ccc(F)cc2)C1. The summed E-state index contributed by atoms with van der Waals surface area (Å²) in [4.78, 5) is 43.1. The Bertz CT molecular complexity index is 1160. The van der Waals surface area contributed by atoms with Crippen LogP contribution < -0.4 is 11.1 Å². The van der Waals surface area contributed by atoms with Gasteiger partial charge in [0.1, 0.15) is 17.4 Å². The molecule has 37 heavy (non-hydrogen) atoms. The van der Waals surface area contributed by atoms with Crippen molar-refractivity contribution >= 4 is 17.6 Å². The molecular weight excluding hydrogens is 475 g/mol. The molecule has 1 saturated heterocycles. The van der Waals surface area contributed by atoms with Gasteiger partial charge in [-0.05, 0) is 43.2 Å². The molecule has 8 nitrogen and oxygen atoms in total. The Morgan fingerprint density at radius 2 is 1.81 bits per heavy atom. The highest BCUT2D eigenvalue weighted by molar-refractivity contribution is 6.01. The zero-order valence-electron chi connectivity index (χ0n) is 21.2. The maximum absolute atomic E-state index is 13.7. The molecule has 9 heteroatoms. The van der Waals surface area contributed by atoms with E-state index < -0.39 is 23.0 Å². The highest BCUT2D eigenvalue weighted by Gasteiger charge is 2.50. The fraction of sp³-hybridized carbons (Fsp3) is 0.393. The number of ketones is 1. The predicted octanol–water partition coefficient (Wildman–Crippen LogP) is 1.79. The number of halogens is 1. The van der Waals surface area contributed by atoms with Gasteiger partial charge in [0, 0.05) is 25.7 Å². The number of nitrogens with one attached hydrogen (secondary N) is 1. The second kappa shape index (κ2) is 10.8. The van der Waals surface area contributed by atoms with Crippen LogP contribution in [0, 0.1) is 5.82 Å². The van der Waals surface area contributed by atoms with Crippen LogP contribution in [0.2, 0.25) is 0 Å². The van der Waals surface area contributed by atoms with Crippen molar-refractivity contribution in [3.8, 4) is 0 Å². The van der Waals surface area contributed by atoms with Gasteiger partial charge in [0.2, 0.25) is 11.8 Å². The minimum atomic E-state index is -1.19. The van der Waals surface area contributed by atoms with Crippen molar-refractivity contribution in [3.63, 3.8) is 0 Å². The standard InChI is InChI=1S/C28H33FN4O4/c1-27(2,30)26(36)31-23(18-37-17-21-6-4-3-5-7-21)25(35)32-14-15-33-13-12-24(34)28(33,19-32)16-20-8-10-22(29)11-9-20/h3-13,23H,14-19,30H2,1-2H3,(H,31,36)/t23-,28?/m1/s1. The van der Waals surface area contributed by atoms with E-state index >= 15 is 0 Å². The molecule has 0 bridgehead atoms. The average molecular weight is 509 g/mol. The molecule has 0 spiro atoms. The molecule has 2 aromatic carbocycles. The normalized spacial score (nSPS) is 20.1. The van der Waals surface area contributed by atoms with Crippen molar-refractivity contribution in [3.05, 3.63) is 83.8 Å². The van der Waals surface area contributed by atoms with Gasteiger partial charge in [-0.15, -0.1) is 0 Å². The quantitative estimate of drug-likeness (QED) is 0.535. The highest BCUT2D eigenvalue weighted by Crippen LogP contribution is 2.32. The molecule has 2 amide bonds. The van der Waals surface area contributed by atoms with Crippen LogP contribution in [-0.2, 0) is 32.1 Å². The van der Waals surface area contributed by atoms with Crippen LogP contribution in [0.25, 0.3) is 0 Å². The van der Waals surface area contributed by atoms with E-state index in [4.69, 9.17) is 10.5 Å². The number of nitrogens with two attached hydrogens (primary N) is 1. The van der Waals surface area contributed by atoms with Gasteiger partial charge in [0.15, 0.2) is 5.78 Å². The second-order valence-electron chi connectivity index (χ2n) is 10.2. The van der Waals surface area contributed by atoms with Gasteiger partial charge in [-0.2, -0.15) is 0 Å². The summed E-state index contributed by atoms with van der Waals surface area (Å²) in [6, 6.07) is 14.6. The highest BCUT2D eigenvalue weighted by atomic mass is 19.1. The van der Waals surface area contributed by atoms with Crippen LogP contribution >= 0.6 is 0 Å². The lowest BCUT2D eigenvalue weighted by atomic mass is 9.84. The number of nitrogens with zero attached hydrogens (tertiary/aromatic N) is 2. The molecule has 2 aliphatic rings. The molecule has 2 aliphatic heterocycles. The molecule has 4 rings (SSSR count). The summed E-state index contributed by atoms with van der Waals surface area (Å²) in [6.45, 7) is 4.31. The van der Waals surface area contributed by atoms with E-state index in [-0.39, 0.29) is 37.3 Å². The Balaban J connectivity index is 1.52. The summed E-state index contributed by atoms with van der Waals surface area (Å²) in [6.07, 6.45) is 3.60. The van der Waals surface area contributed by atoms with Gasteiger partial charge in [-0.1, -0.05) is 42.5 Å². The van der Waals surface area contributed by atoms with Gasteiger partial charge >= 0.3 is 0 Å². The molecular formula is C28H33FN4O4. The summed E-state index contributed by atoms with van der Waals surface area (Å²) in [5.41, 5.74) is 5.52. The Kier molecular flexibility index (Phi) is 7.75. The summed E-state index contributed by atoms with van der Waals surface area (Å²) < 4.78 is 19.3. The summed E-state index contributed by atoms with van der Waals surface area (Å²) in [7, 11) is 0. The summed E-state index contributed by atoms with van der Waals surface area (Å²) in [5, 5.41) is 2.74. The van der Waals surface area contributed by atoms with Crippen molar-refractivity contribution < 1.29 is 23.5 Å².